The van der Waals surface area contributed by atoms with E-state index in [-0.39, 0.29) is 12.3 Å². The van der Waals surface area contributed by atoms with E-state index in [4.69, 9.17) is 14.0 Å². The van der Waals surface area contributed by atoms with Crippen LogP contribution < -0.4 is 10.1 Å². The Kier molecular flexibility index (Phi) is 7.07. The molecule has 0 radical (unpaired) electrons. The van der Waals surface area contributed by atoms with E-state index in [2.05, 4.69) is 10.1 Å². The van der Waals surface area contributed by atoms with Gasteiger partial charge in [-0.25, -0.2) is 4.79 Å². The van der Waals surface area contributed by atoms with Crippen LogP contribution in [-0.2, 0) is 14.0 Å². The molecule has 0 unspecified atom stereocenters. The minimum absolute atomic E-state index is 0.0100. The molecule has 0 aliphatic carbocycles. The van der Waals surface area contributed by atoms with E-state index in [1.165, 1.54) is 18.2 Å². The van der Waals surface area contributed by atoms with E-state index < -0.39 is 36.4 Å². The van der Waals surface area contributed by atoms with Gasteiger partial charge in [0.2, 0.25) is 0 Å². The third kappa shape index (κ3) is 7.46. The van der Waals surface area contributed by atoms with Crippen molar-refractivity contribution in [1.29, 1.82) is 0 Å². The maximum absolute atomic E-state index is 12.6. The first-order valence-electron chi connectivity index (χ1n) is 9.86. The van der Waals surface area contributed by atoms with Gasteiger partial charge in [-0.15, -0.1) is 13.2 Å². The second kappa shape index (κ2) is 8.74. The Morgan fingerprint density at radius 2 is 1.71 bits per heavy atom. The van der Waals surface area contributed by atoms with Crippen LogP contribution in [0.3, 0.4) is 0 Å². The lowest BCUT2D eigenvalue weighted by molar-refractivity contribution is -0.274. The number of hydrogen-bond acceptors (Lipinski definition) is 5. The Hall–Kier alpha value is -2.20. The molecule has 1 aliphatic rings. The molecule has 0 atom stereocenters. The molecule has 1 heterocycles. The van der Waals surface area contributed by atoms with Crippen LogP contribution in [0, 0.1) is 0 Å². The predicted molar refractivity (Wildman–Crippen MR) is 111 cm³/mol. The Morgan fingerprint density at radius 3 is 2.23 bits per heavy atom. The molecule has 1 amide bonds. The number of alkyl halides is 3. The lowest BCUT2D eigenvalue weighted by atomic mass is 9.77. The highest BCUT2D eigenvalue weighted by atomic mass is 19.4. The molecule has 0 aromatic heterocycles. The van der Waals surface area contributed by atoms with Crippen LogP contribution >= 0.6 is 0 Å². The van der Waals surface area contributed by atoms with Crippen LogP contribution in [-0.4, -0.2) is 42.9 Å². The summed E-state index contributed by atoms with van der Waals surface area (Å²) in [6.45, 7) is 12.7. The van der Waals surface area contributed by atoms with Crippen LogP contribution in [0.5, 0.6) is 5.75 Å². The number of rotatable bonds is 5. The number of alkyl carbamates (subject to hydrolysis) is 1. The zero-order valence-electron chi connectivity index (χ0n) is 18.8. The largest absolute Gasteiger partial charge is 0.573 e. The zero-order chi connectivity index (χ0) is 23.7. The van der Waals surface area contributed by atoms with Crippen molar-refractivity contribution in [1.82, 2.24) is 5.32 Å². The van der Waals surface area contributed by atoms with Gasteiger partial charge in [0.05, 0.1) is 11.2 Å². The van der Waals surface area contributed by atoms with Crippen molar-refractivity contribution in [3.8, 4) is 5.75 Å². The van der Waals surface area contributed by atoms with Gasteiger partial charge < -0.3 is 24.1 Å². The van der Waals surface area contributed by atoms with E-state index in [0.717, 1.165) is 0 Å². The number of hydrogen-bond donors (Lipinski definition) is 1. The molecule has 31 heavy (non-hydrogen) atoms. The highest BCUT2D eigenvalue weighted by molar-refractivity contribution is 6.56. The van der Waals surface area contributed by atoms with Gasteiger partial charge in [-0.1, -0.05) is 18.2 Å². The second-order valence-electron chi connectivity index (χ2n) is 9.28. The summed E-state index contributed by atoms with van der Waals surface area (Å²) in [5.74, 6) is -0.352. The Labute approximate surface area is 181 Å². The molecule has 1 N–H and O–H groups in total. The Balaban J connectivity index is 2.30. The van der Waals surface area contributed by atoms with Crippen molar-refractivity contribution in [3.63, 3.8) is 0 Å². The number of carbonyl (C=O) groups is 1. The minimum atomic E-state index is -4.80. The molecule has 10 heteroatoms. The van der Waals surface area contributed by atoms with E-state index in [1.54, 1.807) is 32.9 Å². The van der Waals surface area contributed by atoms with E-state index >= 15 is 0 Å². The number of nitrogens with one attached hydrogen (secondary N) is 1. The number of benzene rings is 1. The summed E-state index contributed by atoms with van der Waals surface area (Å²) in [7, 11) is -0.813. The summed E-state index contributed by atoms with van der Waals surface area (Å²) in [5.41, 5.74) is -1.01. The normalized spacial score (nSPS) is 18.6. The SMILES string of the molecule is CC(C)(C)OC(=O)NCC(=Cc1cccc(OC(F)(F)F)c1)B1OC(C)(C)C(C)(C)O1. The zero-order valence-corrected chi connectivity index (χ0v) is 18.8. The minimum Gasteiger partial charge on any atom is -0.444 e. The van der Waals surface area contributed by atoms with Gasteiger partial charge in [0.15, 0.2) is 0 Å². The van der Waals surface area contributed by atoms with Gasteiger partial charge in [-0.05, 0) is 71.6 Å². The van der Waals surface area contributed by atoms with Crippen molar-refractivity contribution in [2.45, 2.75) is 71.6 Å². The van der Waals surface area contributed by atoms with Gasteiger partial charge >= 0.3 is 19.6 Å². The fourth-order valence-electron chi connectivity index (χ4n) is 2.70. The summed E-state index contributed by atoms with van der Waals surface area (Å²) in [4.78, 5) is 12.1. The van der Waals surface area contributed by atoms with E-state index in [0.29, 0.717) is 11.0 Å². The van der Waals surface area contributed by atoms with E-state index in [1.807, 2.05) is 27.7 Å². The van der Waals surface area contributed by atoms with Gasteiger partial charge in [0.1, 0.15) is 11.4 Å². The lowest BCUT2D eigenvalue weighted by Crippen LogP contribution is -2.41. The molecule has 1 aromatic rings. The molecule has 1 fully saturated rings. The van der Waals surface area contributed by atoms with Crippen LogP contribution in [0.25, 0.3) is 6.08 Å². The molecule has 0 spiro atoms. The predicted octanol–water partition coefficient (Wildman–Crippen LogP) is 5.12. The van der Waals surface area contributed by atoms with E-state index in [9.17, 15) is 18.0 Å². The lowest BCUT2D eigenvalue weighted by Gasteiger charge is -2.32. The van der Waals surface area contributed by atoms with Crippen molar-refractivity contribution < 1.29 is 36.7 Å². The molecule has 1 aliphatic heterocycles. The molecule has 0 saturated carbocycles. The van der Waals surface area contributed by atoms with Crippen molar-refractivity contribution >= 4 is 19.3 Å². The summed E-state index contributed by atoms with van der Waals surface area (Å²) in [5, 5.41) is 2.64. The van der Waals surface area contributed by atoms with Crippen molar-refractivity contribution in [3.05, 3.63) is 35.3 Å². The van der Waals surface area contributed by atoms with Gasteiger partial charge in [0.25, 0.3) is 0 Å². The van der Waals surface area contributed by atoms with Crippen molar-refractivity contribution in [2.24, 2.45) is 0 Å². The third-order valence-electron chi connectivity index (χ3n) is 4.84. The quantitative estimate of drug-likeness (QED) is 0.640. The highest BCUT2D eigenvalue weighted by Gasteiger charge is 2.52. The Bertz CT molecular complexity index is 815. The van der Waals surface area contributed by atoms with Crippen molar-refractivity contribution in [2.75, 3.05) is 6.54 Å². The molecule has 1 saturated heterocycles. The summed E-state index contributed by atoms with van der Waals surface area (Å²) in [6.07, 6.45) is -3.83. The maximum Gasteiger partial charge on any atom is 0.573 e. The van der Waals surface area contributed by atoms with Crippen LogP contribution in [0.2, 0.25) is 0 Å². The highest BCUT2D eigenvalue weighted by Crippen LogP contribution is 2.39. The number of amides is 1. The standard InChI is InChI=1S/C21H29BF3NO5/c1-18(2,3)29-17(27)26-13-15(22-30-19(4,5)20(6,7)31-22)11-14-9-8-10-16(12-14)28-21(23,24)25/h8-12H,13H2,1-7H3,(H,26,27). The summed E-state index contributed by atoms with van der Waals surface area (Å²) in [6, 6.07) is 5.50. The summed E-state index contributed by atoms with van der Waals surface area (Å²) >= 11 is 0. The van der Waals surface area contributed by atoms with Gasteiger partial charge in [-0.2, -0.15) is 0 Å². The average Bonchev–Trinajstić information content (AvgIpc) is 2.76. The number of carbonyl (C=O) groups excluding carboxylic acids is 1. The maximum atomic E-state index is 12.6. The smallest absolute Gasteiger partial charge is 0.444 e. The monoisotopic (exact) mass is 443 g/mol. The second-order valence-corrected chi connectivity index (χ2v) is 9.28. The molecule has 0 bridgehead atoms. The fraction of sp³-hybridized carbons (Fsp3) is 0.571. The first-order chi connectivity index (χ1) is 14.0. The first-order valence-corrected chi connectivity index (χ1v) is 9.86. The number of ether oxygens (including phenoxy) is 2. The van der Waals surface area contributed by atoms with Gasteiger partial charge in [0, 0.05) is 6.54 Å². The molecular formula is C21H29BF3NO5. The van der Waals surface area contributed by atoms with Crippen LogP contribution in [0.4, 0.5) is 18.0 Å². The molecule has 1 aromatic carbocycles. The summed E-state index contributed by atoms with van der Waals surface area (Å²) < 4.78 is 59.0. The Morgan fingerprint density at radius 1 is 1.13 bits per heavy atom. The molecular weight excluding hydrogens is 414 g/mol. The van der Waals surface area contributed by atoms with Crippen LogP contribution in [0.1, 0.15) is 54.0 Å². The van der Waals surface area contributed by atoms with Gasteiger partial charge in [-0.3, -0.25) is 0 Å². The molecule has 172 valence electrons. The third-order valence-corrected chi connectivity index (χ3v) is 4.84. The fourth-order valence-corrected chi connectivity index (χ4v) is 2.70. The molecule has 6 nitrogen and oxygen atoms in total. The topological polar surface area (TPSA) is 66.0 Å². The average molecular weight is 443 g/mol. The first kappa shape index (κ1) is 25.1. The molecule has 2 rings (SSSR count). The van der Waals surface area contributed by atoms with Crippen LogP contribution in [0.15, 0.2) is 29.7 Å². The number of halogens is 3.